The first-order valence-electron chi connectivity index (χ1n) is 10.3. The first kappa shape index (κ1) is 21.6. The van der Waals surface area contributed by atoms with E-state index in [1.807, 2.05) is 19.1 Å². The molecule has 4 rings (SSSR count). The Balaban J connectivity index is 1.51. The second-order valence-electron chi connectivity index (χ2n) is 7.12. The summed E-state index contributed by atoms with van der Waals surface area (Å²) >= 11 is 0. The molecule has 33 heavy (non-hydrogen) atoms. The highest BCUT2D eigenvalue weighted by molar-refractivity contribution is 6.04. The van der Waals surface area contributed by atoms with Crippen molar-refractivity contribution in [3.05, 3.63) is 90.8 Å². The Morgan fingerprint density at radius 2 is 1.88 bits per heavy atom. The summed E-state index contributed by atoms with van der Waals surface area (Å²) in [5, 5.41) is 14.3. The summed E-state index contributed by atoms with van der Waals surface area (Å²) < 4.78 is 5.98. The van der Waals surface area contributed by atoms with E-state index >= 15 is 0 Å². The highest BCUT2D eigenvalue weighted by atomic mass is 16.5. The molecule has 0 aliphatic carbocycles. The van der Waals surface area contributed by atoms with Gasteiger partial charge < -0.3 is 15.4 Å². The van der Waals surface area contributed by atoms with Gasteiger partial charge in [0.25, 0.3) is 5.91 Å². The van der Waals surface area contributed by atoms with Crippen LogP contribution >= 0.6 is 0 Å². The minimum Gasteiger partial charge on any atom is -0.455 e. The third kappa shape index (κ3) is 5.19. The number of fused-ring (bicyclic) bond motifs is 1. The Hall–Kier alpha value is -4.59. The van der Waals surface area contributed by atoms with Crippen molar-refractivity contribution in [2.45, 2.75) is 13.3 Å². The maximum atomic E-state index is 12.6. The fraction of sp³-hybridized carbons (Fsp3) is 0.0800. The minimum absolute atomic E-state index is 0.263. The smallest absolute Gasteiger partial charge is 0.256 e. The van der Waals surface area contributed by atoms with E-state index in [0.717, 1.165) is 12.0 Å². The largest absolute Gasteiger partial charge is 0.455 e. The Morgan fingerprint density at radius 3 is 2.64 bits per heavy atom. The third-order valence-electron chi connectivity index (χ3n) is 4.87. The van der Waals surface area contributed by atoms with Crippen LogP contribution in [0.1, 0.15) is 22.8 Å². The lowest BCUT2D eigenvalue weighted by Crippen LogP contribution is -2.12. The molecular formula is C25H21N5O3. The highest BCUT2D eigenvalue weighted by Crippen LogP contribution is 2.30. The number of hydrogen-bond acceptors (Lipinski definition) is 6. The summed E-state index contributed by atoms with van der Waals surface area (Å²) in [4.78, 5) is 28.3. The first-order valence-corrected chi connectivity index (χ1v) is 10.3. The summed E-state index contributed by atoms with van der Waals surface area (Å²) in [6.07, 6.45) is 5.22. The van der Waals surface area contributed by atoms with Crippen molar-refractivity contribution in [1.29, 1.82) is 0 Å². The van der Waals surface area contributed by atoms with Crippen LogP contribution in [0.2, 0.25) is 0 Å². The lowest BCUT2D eigenvalue weighted by molar-refractivity contribution is -0.111. The third-order valence-corrected chi connectivity index (χ3v) is 4.87. The number of pyridine rings is 1. The van der Waals surface area contributed by atoms with Crippen LogP contribution < -0.4 is 15.4 Å². The van der Waals surface area contributed by atoms with Crippen molar-refractivity contribution >= 4 is 34.2 Å². The topological polar surface area (TPSA) is 106 Å². The summed E-state index contributed by atoms with van der Waals surface area (Å²) in [6, 6.07) is 15.7. The van der Waals surface area contributed by atoms with E-state index < -0.39 is 0 Å². The normalized spacial score (nSPS) is 10.5. The molecule has 2 aromatic heterocycles. The van der Waals surface area contributed by atoms with E-state index in [0.29, 0.717) is 39.5 Å². The zero-order chi connectivity index (χ0) is 23.2. The van der Waals surface area contributed by atoms with E-state index in [1.165, 1.54) is 12.3 Å². The Labute approximate surface area is 190 Å². The number of aromatic nitrogens is 3. The van der Waals surface area contributed by atoms with Crippen molar-refractivity contribution in [3.63, 3.8) is 0 Å². The number of ether oxygens (including phenoxy) is 1. The molecule has 164 valence electrons. The van der Waals surface area contributed by atoms with Crippen LogP contribution in [-0.2, 0) is 11.2 Å². The van der Waals surface area contributed by atoms with Gasteiger partial charge in [-0.05, 0) is 72.7 Å². The summed E-state index contributed by atoms with van der Waals surface area (Å²) in [7, 11) is 0. The molecule has 4 aromatic rings. The van der Waals surface area contributed by atoms with Crippen LogP contribution in [-0.4, -0.2) is 27.0 Å². The molecule has 0 atom stereocenters. The molecule has 2 heterocycles. The second-order valence-corrected chi connectivity index (χ2v) is 7.12. The summed E-state index contributed by atoms with van der Waals surface area (Å²) in [5.74, 6) is 0.915. The maximum Gasteiger partial charge on any atom is 0.256 e. The number of nitrogens with one attached hydrogen (secondary N) is 2. The maximum absolute atomic E-state index is 12.6. The van der Waals surface area contributed by atoms with Gasteiger partial charge in [-0.15, -0.1) is 0 Å². The lowest BCUT2D eigenvalue weighted by atomic mass is 10.2. The molecule has 0 aliphatic heterocycles. The number of benzene rings is 2. The van der Waals surface area contributed by atoms with Gasteiger partial charge in [0.05, 0.1) is 11.7 Å². The number of amides is 2. The molecule has 0 bridgehead atoms. The predicted molar refractivity (Wildman–Crippen MR) is 126 cm³/mol. The highest BCUT2D eigenvalue weighted by Gasteiger charge is 2.10. The van der Waals surface area contributed by atoms with Crippen molar-refractivity contribution in [3.8, 4) is 11.5 Å². The molecule has 0 saturated heterocycles. The van der Waals surface area contributed by atoms with Gasteiger partial charge in [0, 0.05) is 22.8 Å². The fourth-order valence-electron chi connectivity index (χ4n) is 3.14. The average Bonchev–Trinajstić information content (AvgIpc) is 2.85. The minimum atomic E-state index is -0.315. The van der Waals surface area contributed by atoms with E-state index in [1.54, 1.807) is 48.7 Å². The van der Waals surface area contributed by atoms with Gasteiger partial charge in [-0.2, -0.15) is 10.2 Å². The Kier molecular flexibility index (Phi) is 6.36. The van der Waals surface area contributed by atoms with Gasteiger partial charge >= 0.3 is 0 Å². The zero-order valence-corrected chi connectivity index (χ0v) is 17.9. The fourth-order valence-corrected chi connectivity index (χ4v) is 3.14. The van der Waals surface area contributed by atoms with E-state index in [2.05, 4.69) is 32.4 Å². The number of carbonyl (C=O) groups is 2. The van der Waals surface area contributed by atoms with Crippen LogP contribution in [0.4, 0.5) is 11.5 Å². The van der Waals surface area contributed by atoms with E-state index in [9.17, 15) is 9.59 Å². The van der Waals surface area contributed by atoms with Crippen LogP contribution in [0, 0.1) is 0 Å². The van der Waals surface area contributed by atoms with Gasteiger partial charge in [0.2, 0.25) is 5.91 Å². The number of anilines is 2. The second kappa shape index (κ2) is 9.69. The zero-order valence-electron chi connectivity index (χ0n) is 17.9. The van der Waals surface area contributed by atoms with E-state index in [-0.39, 0.29) is 11.8 Å². The first-order chi connectivity index (χ1) is 16.1. The molecule has 2 amide bonds. The molecule has 0 aliphatic rings. The molecule has 0 fully saturated rings. The van der Waals surface area contributed by atoms with Gasteiger partial charge in [-0.1, -0.05) is 13.5 Å². The van der Waals surface area contributed by atoms with Gasteiger partial charge in [-0.3, -0.25) is 9.59 Å². The van der Waals surface area contributed by atoms with Crippen molar-refractivity contribution in [2.75, 3.05) is 10.6 Å². The number of carbonyl (C=O) groups excluding carboxylic acids is 2. The predicted octanol–water partition coefficient (Wildman–Crippen LogP) is 4.76. The number of nitrogens with zero attached hydrogens (tertiary/aromatic N) is 3. The average molecular weight is 439 g/mol. The van der Waals surface area contributed by atoms with Crippen LogP contribution in [0.25, 0.3) is 10.9 Å². The Bertz CT molecular complexity index is 1340. The van der Waals surface area contributed by atoms with Crippen molar-refractivity contribution in [1.82, 2.24) is 15.2 Å². The van der Waals surface area contributed by atoms with E-state index in [4.69, 9.17) is 4.74 Å². The molecule has 2 aromatic carbocycles. The number of hydrogen-bond donors (Lipinski definition) is 2. The standard InChI is InChI=1S/C25H21N5O3/c1-3-16-11-12-26-23(13-16)29-25(32)17-5-8-19(9-6-17)33-22-15-27-30-21-10-7-18(14-20(21)22)28-24(31)4-2/h4-15H,2-3H2,1H3,(H,28,31)(H,26,29,32). The number of rotatable bonds is 7. The number of aryl methyl sites for hydroxylation is 1. The Morgan fingerprint density at radius 1 is 1.06 bits per heavy atom. The molecule has 0 spiro atoms. The molecule has 0 unspecified atom stereocenters. The van der Waals surface area contributed by atoms with Crippen molar-refractivity contribution in [2.24, 2.45) is 0 Å². The van der Waals surface area contributed by atoms with Crippen LogP contribution in [0.5, 0.6) is 11.5 Å². The monoisotopic (exact) mass is 439 g/mol. The quantitative estimate of drug-likeness (QED) is 0.402. The van der Waals surface area contributed by atoms with Crippen LogP contribution in [0.3, 0.4) is 0 Å². The lowest BCUT2D eigenvalue weighted by Gasteiger charge is -2.10. The van der Waals surface area contributed by atoms with Gasteiger partial charge in [-0.25, -0.2) is 4.98 Å². The summed E-state index contributed by atoms with van der Waals surface area (Å²) in [5.41, 5.74) is 2.76. The molecule has 8 heteroatoms. The van der Waals surface area contributed by atoms with Gasteiger partial charge in [0.15, 0.2) is 5.75 Å². The molecule has 0 radical (unpaired) electrons. The van der Waals surface area contributed by atoms with Gasteiger partial charge in [0.1, 0.15) is 11.6 Å². The molecular weight excluding hydrogens is 418 g/mol. The molecule has 2 N–H and O–H groups in total. The summed E-state index contributed by atoms with van der Waals surface area (Å²) in [6.45, 7) is 5.49. The van der Waals surface area contributed by atoms with Crippen LogP contribution in [0.15, 0.2) is 79.6 Å². The molecule has 0 saturated carbocycles. The SMILES string of the molecule is C=CC(=O)Nc1ccc2nncc(Oc3ccc(C(=O)Nc4cc(CC)ccn4)cc3)c2c1. The molecule has 8 nitrogen and oxygen atoms in total. The van der Waals surface area contributed by atoms with Crippen molar-refractivity contribution < 1.29 is 14.3 Å².